The number of hydrogen-bond acceptors (Lipinski definition) is 3. The number of likely N-dealkylation sites (tertiary alicyclic amines) is 1. The molecule has 0 unspecified atom stereocenters. The Balaban J connectivity index is 2.00. The van der Waals surface area contributed by atoms with Crippen LogP contribution in [0.25, 0.3) is 0 Å². The highest BCUT2D eigenvalue weighted by molar-refractivity contribution is 5.74. The van der Waals surface area contributed by atoms with Crippen molar-refractivity contribution in [3.8, 4) is 0 Å². The normalized spacial score (nSPS) is 17.6. The fraction of sp³-hybridized carbons (Fsp3) is 0.889. The molecule has 1 aliphatic rings. The summed E-state index contributed by atoms with van der Waals surface area (Å²) >= 11 is 0. The molecule has 0 radical (unpaired) electrons. The number of nitrogens with zero attached hydrogens (tertiary/aromatic N) is 1. The lowest BCUT2D eigenvalue weighted by Crippen LogP contribution is -2.29. The fourth-order valence-electron chi connectivity index (χ4n) is 1.47. The number of rotatable bonds is 5. The molecule has 1 fully saturated rings. The standard InChI is InChI=1S/C9H18N2O2/c1-2-13-10-9(12)5-8-11-6-3-4-7-11/h2-8H2,1H3,(H,10,12). The van der Waals surface area contributed by atoms with Gasteiger partial charge in [-0.25, -0.2) is 5.48 Å². The summed E-state index contributed by atoms with van der Waals surface area (Å²) in [4.78, 5) is 18.2. The molecule has 1 amide bonds. The molecular weight excluding hydrogens is 168 g/mol. The van der Waals surface area contributed by atoms with Crippen molar-refractivity contribution in [2.75, 3.05) is 26.2 Å². The molecule has 1 heterocycles. The van der Waals surface area contributed by atoms with Crippen molar-refractivity contribution in [3.63, 3.8) is 0 Å². The van der Waals surface area contributed by atoms with Gasteiger partial charge in [0, 0.05) is 13.0 Å². The molecule has 13 heavy (non-hydrogen) atoms. The number of hydroxylamine groups is 1. The van der Waals surface area contributed by atoms with Crippen molar-refractivity contribution in [2.45, 2.75) is 26.2 Å². The predicted octanol–water partition coefficient (Wildman–Crippen LogP) is 0.540. The first-order chi connectivity index (χ1) is 6.33. The van der Waals surface area contributed by atoms with E-state index >= 15 is 0 Å². The lowest BCUT2D eigenvalue weighted by molar-refractivity contribution is -0.133. The molecule has 4 heteroatoms. The van der Waals surface area contributed by atoms with Gasteiger partial charge in [-0.3, -0.25) is 9.63 Å². The quantitative estimate of drug-likeness (QED) is 0.637. The molecule has 0 saturated carbocycles. The molecule has 0 spiro atoms. The number of carbonyl (C=O) groups is 1. The van der Waals surface area contributed by atoms with E-state index in [1.165, 1.54) is 12.8 Å². The van der Waals surface area contributed by atoms with Crippen LogP contribution in [0.4, 0.5) is 0 Å². The Bertz CT molecular complexity index is 156. The number of nitrogens with one attached hydrogen (secondary N) is 1. The van der Waals surface area contributed by atoms with Crippen LogP contribution in [-0.4, -0.2) is 37.0 Å². The minimum atomic E-state index is -0.0197. The monoisotopic (exact) mass is 186 g/mol. The summed E-state index contributed by atoms with van der Waals surface area (Å²) < 4.78 is 0. The lowest BCUT2D eigenvalue weighted by atomic mass is 10.4. The minimum absolute atomic E-state index is 0.0197. The van der Waals surface area contributed by atoms with Gasteiger partial charge in [0.25, 0.3) is 0 Å². The van der Waals surface area contributed by atoms with E-state index in [2.05, 4.69) is 10.4 Å². The second kappa shape index (κ2) is 5.94. The topological polar surface area (TPSA) is 41.6 Å². The van der Waals surface area contributed by atoms with Gasteiger partial charge < -0.3 is 4.90 Å². The Morgan fingerprint density at radius 2 is 2.15 bits per heavy atom. The second-order valence-electron chi connectivity index (χ2n) is 3.26. The van der Waals surface area contributed by atoms with Crippen LogP contribution in [0.5, 0.6) is 0 Å². The average Bonchev–Trinajstić information content (AvgIpc) is 2.64. The predicted molar refractivity (Wildman–Crippen MR) is 50.1 cm³/mol. The number of amides is 1. The molecule has 0 aliphatic carbocycles. The van der Waals surface area contributed by atoms with E-state index in [1.54, 1.807) is 0 Å². The zero-order valence-corrected chi connectivity index (χ0v) is 8.21. The van der Waals surface area contributed by atoms with Gasteiger partial charge in [0.15, 0.2) is 0 Å². The molecule has 1 aliphatic heterocycles. The highest BCUT2D eigenvalue weighted by Crippen LogP contribution is 2.06. The van der Waals surface area contributed by atoms with Gasteiger partial charge in [-0.1, -0.05) is 0 Å². The highest BCUT2D eigenvalue weighted by atomic mass is 16.6. The summed E-state index contributed by atoms with van der Waals surface area (Å²) in [5.41, 5.74) is 2.39. The third-order valence-corrected chi connectivity index (χ3v) is 2.18. The van der Waals surface area contributed by atoms with E-state index in [-0.39, 0.29) is 5.91 Å². The van der Waals surface area contributed by atoms with Crippen molar-refractivity contribution in [2.24, 2.45) is 0 Å². The molecule has 1 saturated heterocycles. The van der Waals surface area contributed by atoms with E-state index in [0.717, 1.165) is 19.6 Å². The molecule has 0 aromatic carbocycles. The van der Waals surface area contributed by atoms with E-state index in [0.29, 0.717) is 13.0 Å². The van der Waals surface area contributed by atoms with Gasteiger partial charge in [0.05, 0.1) is 6.61 Å². The van der Waals surface area contributed by atoms with Crippen LogP contribution < -0.4 is 5.48 Å². The Morgan fingerprint density at radius 3 is 2.77 bits per heavy atom. The SMILES string of the molecule is CCONC(=O)CCN1CCCC1. The van der Waals surface area contributed by atoms with Crippen LogP contribution in [0.2, 0.25) is 0 Å². The summed E-state index contributed by atoms with van der Waals surface area (Å²) in [5, 5.41) is 0. The first kappa shape index (κ1) is 10.5. The zero-order chi connectivity index (χ0) is 9.52. The average molecular weight is 186 g/mol. The maximum atomic E-state index is 11.1. The molecule has 76 valence electrons. The zero-order valence-electron chi connectivity index (χ0n) is 8.21. The van der Waals surface area contributed by atoms with E-state index in [9.17, 15) is 4.79 Å². The molecule has 0 aromatic rings. The van der Waals surface area contributed by atoms with Crippen LogP contribution in [-0.2, 0) is 9.63 Å². The summed E-state index contributed by atoms with van der Waals surface area (Å²) in [6, 6.07) is 0. The van der Waals surface area contributed by atoms with Gasteiger partial charge in [0.1, 0.15) is 0 Å². The van der Waals surface area contributed by atoms with Crippen LogP contribution >= 0.6 is 0 Å². The molecule has 1 rings (SSSR count). The van der Waals surface area contributed by atoms with Gasteiger partial charge in [-0.2, -0.15) is 0 Å². The second-order valence-corrected chi connectivity index (χ2v) is 3.26. The van der Waals surface area contributed by atoms with Gasteiger partial charge in [-0.15, -0.1) is 0 Å². The maximum Gasteiger partial charge on any atom is 0.244 e. The first-order valence-corrected chi connectivity index (χ1v) is 4.96. The number of carbonyl (C=O) groups excluding carboxylic acids is 1. The van der Waals surface area contributed by atoms with Crippen LogP contribution in [0.15, 0.2) is 0 Å². The minimum Gasteiger partial charge on any atom is -0.303 e. The summed E-state index contributed by atoms with van der Waals surface area (Å²) in [5.74, 6) is -0.0197. The van der Waals surface area contributed by atoms with E-state index in [4.69, 9.17) is 4.84 Å². The molecule has 1 N–H and O–H groups in total. The Kier molecular flexibility index (Phi) is 4.78. The fourth-order valence-corrected chi connectivity index (χ4v) is 1.47. The maximum absolute atomic E-state index is 11.1. The lowest BCUT2D eigenvalue weighted by Gasteiger charge is -2.13. The smallest absolute Gasteiger partial charge is 0.244 e. The summed E-state index contributed by atoms with van der Waals surface area (Å²) in [7, 11) is 0. The molecular formula is C9H18N2O2. The largest absolute Gasteiger partial charge is 0.303 e. The third kappa shape index (κ3) is 4.24. The van der Waals surface area contributed by atoms with Gasteiger partial charge in [0.2, 0.25) is 5.91 Å². The van der Waals surface area contributed by atoms with Crippen LogP contribution in [0.1, 0.15) is 26.2 Å². The van der Waals surface area contributed by atoms with E-state index < -0.39 is 0 Å². The molecule has 0 aromatic heterocycles. The van der Waals surface area contributed by atoms with Crippen molar-refractivity contribution in [1.29, 1.82) is 0 Å². The van der Waals surface area contributed by atoms with Gasteiger partial charge in [-0.05, 0) is 32.9 Å². The molecule has 0 atom stereocenters. The van der Waals surface area contributed by atoms with Crippen molar-refractivity contribution >= 4 is 5.91 Å². The van der Waals surface area contributed by atoms with Crippen LogP contribution in [0, 0.1) is 0 Å². The van der Waals surface area contributed by atoms with Crippen molar-refractivity contribution in [3.05, 3.63) is 0 Å². The molecule has 4 nitrogen and oxygen atoms in total. The van der Waals surface area contributed by atoms with Gasteiger partial charge >= 0.3 is 0 Å². The molecule has 0 bridgehead atoms. The number of hydrogen-bond donors (Lipinski definition) is 1. The van der Waals surface area contributed by atoms with Crippen molar-refractivity contribution < 1.29 is 9.63 Å². The summed E-state index contributed by atoms with van der Waals surface area (Å²) in [6.07, 6.45) is 3.08. The Hall–Kier alpha value is -0.610. The third-order valence-electron chi connectivity index (χ3n) is 2.18. The highest BCUT2D eigenvalue weighted by Gasteiger charge is 2.12. The van der Waals surface area contributed by atoms with E-state index in [1.807, 2.05) is 6.92 Å². The van der Waals surface area contributed by atoms with Crippen molar-refractivity contribution in [1.82, 2.24) is 10.4 Å². The first-order valence-electron chi connectivity index (χ1n) is 4.96. The summed E-state index contributed by atoms with van der Waals surface area (Å²) in [6.45, 7) is 5.51. The Labute approximate surface area is 79.2 Å². The van der Waals surface area contributed by atoms with Crippen LogP contribution in [0.3, 0.4) is 0 Å². The Morgan fingerprint density at radius 1 is 1.46 bits per heavy atom.